The van der Waals surface area contributed by atoms with Crippen molar-refractivity contribution in [3.05, 3.63) is 29.3 Å². The minimum absolute atomic E-state index is 0.0738. The number of ether oxygens (including phenoxy) is 1. The summed E-state index contributed by atoms with van der Waals surface area (Å²) in [6.45, 7) is 2.45. The maximum absolute atomic E-state index is 11.9. The average Bonchev–Trinajstić information content (AvgIpc) is 2.72. The summed E-state index contributed by atoms with van der Waals surface area (Å²) in [4.78, 5) is 25.1. The van der Waals surface area contributed by atoms with E-state index < -0.39 is 0 Å². The van der Waals surface area contributed by atoms with Gasteiger partial charge in [-0.2, -0.15) is 0 Å². The number of esters is 1. The highest BCUT2D eigenvalue weighted by atomic mass is 35.5. The standard InChI is InChI=1S/C13H14ClNO3/c1-2-18-13(17)9-6-12(16)15(8-9)11-5-3-4-10(14)7-11/h3-5,7,9H,2,6,8H2,1H3. The number of halogens is 1. The molecule has 0 bridgehead atoms. The van der Waals surface area contributed by atoms with E-state index in [1.54, 1.807) is 36.1 Å². The molecule has 1 aromatic carbocycles. The molecule has 0 saturated carbocycles. The number of rotatable bonds is 3. The van der Waals surface area contributed by atoms with Crippen LogP contribution in [-0.4, -0.2) is 25.0 Å². The molecule has 1 aliphatic heterocycles. The highest BCUT2D eigenvalue weighted by molar-refractivity contribution is 6.30. The molecule has 1 unspecified atom stereocenters. The van der Waals surface area contributed by atoms with Crippen LogP contribution in [0, 0.1) is 5.92 Å². The first-order valence-electron chi connectivity index (χ1n) is 5.84. The summed E-state index contributed by atoms with van der Waals surface area (Å²) in [5.74, 6) is -0.762. The van der Waals surface area contributed by atoms with Crippen LogP contribution >= 0.6 is 11.6 Å². The van der Waals surface area contributed by atoms with Crippen LogP contribution in [0.15, 0.2) is 24.3 Å². The summed E-state index contributed by atoms with van der Waals surface area (Å²) in [5, 5.41) is 0.569. The lowest BCUT2D eigenvalue weighted by molar-refractivity contribution is -0.147. The zero-order chi connectivity index (χ0) is 13.1. The van der Waals surface area contributed by atoms with Gasteiger partial charge in [-0.25, -0.2) is 0 Å². The topological polar surface area (TPSA) is 46.6 Å². The highest BCUT2D eigenvalue weighted by Gasteiger charge is 2.35. The van der Waals surface area contributed by atoms with Gasteiger partial charge < -0.3 is 9.64 Å². The quantitative estimate of drug-likeness (QED) is 0.789. The third-order valence-electron chi connectivity index (χ3n) is 2.86. The number of hydrogen-bond acceptors (Lipinski definition) is 3. The molecule has 0 spiro atoms. The van der Waals surface area contributed by atoms with Crippen LogP contribution in [0.2, 0.25) is 5.02 Å². The molecule has 1 fully saturated rings. The van der Waals surface area contributed by atoms with Crippen molar-refractivity contribution in [3.63, 3.8) is 0 Å². The largest absolute Gasteiger partial charge is 0.466 e. The lowest BCUT2D eigenvalue weighted by atomic mass is 10.1. The van der Waals surface area contributed by atoms with Crippen molar-refractivity contribution >= 4 is 29.2 Å². The number of anilines is 1. The van der Waals surface area contributed by atoms with Gasteiger partial charge in [0, 0.05) is 23.7 Å². The minimum Gasteiger partial charge on any atom is -0.466 e. The smallest absolute Gasteiger partial charge is 0.311 e. The van der Waals surface area contributed by atoms with Gasteiger partial charge >= 0.3 is 5.97 Å². The molecule has 0 aliphatic carbocycles. The van der Waals surface area contributed by atoms with Crippen LogP contribution in [0.4, 0.5) is 5.69 Å². The predicted octanol–water partition coefficient (Wildman–Crippen LogP) is 2.26. The van der Waals surface area contributed by atoms with Gasteiger partial charge in [-0.15, -0.1) is 0 Å². The molecule has 1 atom stereocenters. The van der Waals surface area contributed by atoms with E-state index in [9.17, 15) is 9.59 Å². The first-order chi connectivity index (χ1) is 8.61. The molecule has 2 rings (SSSR count). The summed E-state index contributed by atoms with van der Waals surface area (Å²) in [6, 6.07) is 7.04. The van der Waals surface area contributed by atoms with Crippen molar-refractivity contribution in [2.24, 2.45) is 5.92 Å². The van der Waals surface area contributed by atoms with Crippen LogP contribution in [0.3, 0.4) is 0 Å². The third-order valence-corrected chi connectivity index (χ3v) is 3.10. The van der Waals surface area contributed by atoms with Gasteiger partial charge in [-0.05, 0) is 25.1 Å². The number of carbonyl (C=O) groups is 2. The summed E-state index contributed by atoms with van der Waals surface area (Å²) in [6.07, 6.45) is 0.200. The Labute approximate surface area is 110 Å². The van der Waals surface area contributed by atoms with Crippen molar-refractivity contribution in [1.82, 2.24) is 0 Å². The van der Waals surface area contributed by atoms with Crippen molar-refractivity contribution < 1.29 is 14.3 Å². The highest BCUT2D eigenvalue weighted by Crippen LogP contribution is 2.27. The molecule has 4 nitrogen and oxygen atoms in total. The molecule has 0 N–H and O–H groups in total. The van der Waals surface area contributed by atoms with Gasteiger partial charge in [0.15, 0.2) is 0 Å². The maximum Gasteiger partial charge on any atom is 0.311 e. The Hall–Kier alpha value is -1.55. The van der Waals surface area contributed by atoms with Crippen molar-refractivity contribution in [1.29, 1.82) is 0 Å². The Morgan fingerprint density at radius 2 is 2.33 bits per heavy atom. The molecule has 0 radical (unpaired) electrons. The molecule has 1 heterocycles. The molecule has 1 saturated heterocycles. The maximum atomic E-state index is 11.9. The van der Waals surface area contributed by atoms with E-state index in [-0.39, 0.29) is 24.2 Å². The second kappa shape index (κ2) is 5.40. The van der Waals surface area contributed by atoms with Crippen molar-refractivity contribution in [2.45, 2.75) is 13.3 Å². The first kappa shape index (κ1) is 12.9. The lowest BCUT2D eigenvalue weighted by Crippen LogP contribution is -2.26. The first-order valence-corrected chi connectivity index (χ1v) is 6.22. The number of carbonyl (C=O) groups excluding carboxylic acids is 2. The fraction of sp³-hybridized carbons (Fsp3) is 0.385. The van der Waals surface area contributed by atoms with E-state index in [1.165, 1.54) is 0 Å². The second-order valence-corrected chi connectivity index (χ2v) is 4.57. The van der Waals surface area contributed by atoms with Crippen molar-refractivity contribution in [2.75, 3.05) is 18.1 Å². The molecule has 1 aliphatic rings. The second-order valence-electron chi connectivity index (χ2n) is 4.14. The van der Waals surface area contributed by atoms with E-state index in [0.29, 0.717) is 18.2 Å². The lowest BCUT2D eigenvalue weighted by Gasteiger charge is -2.16. The Balaban J connectivity index is 2.12. The normalized spacial score (nSPS) is 19.1. The predicted molar refractivity (Wildman–Crippen MR) is 68.5 cm³/mol. The fourth-order valence-electron chi connectivity index (χ4n) is 2.02. The Bertz CT molecular complexity index is 475. The van der Waals surface area contributed by atoms with E-state index in [4.69, 9.17) is 16.3 Å². The van der Waals surface area contributed by atoms with Gasteiger partial charge in [0.25, 0.3) is 0 Å². The number of nitrogens with zero attached hydrogens (tertiary/aromatic N) is 1. The molecular weight excluding hydrogens is 254 g/mol. The summed E-state index contributed by atoms with van der Waals surface area (Å²) >= 11 is 5.89. The van der Waals surface area contributed by atoms with Crippen molar-refractivity contribution in [3.8, 4) is 0 Å². The Morgan fingerprint density at radius 3 is 3.00 bits per heavy atom. The average molecular weight is 268 g/mol. The molecular formula is C13H14ClNO3. The Morgan fingerprint density at radius 1 is 1.56 bits per heavy atom. The van der Waals surface area contributed by atoms with Gasteiger partial charge in [-0.1, -0.05) is 17.7 Å². The molecule has 18 heavy (non-hydrogen) atoms. The monoisotopic (exact) mass is 267 g/mol. The molecule has 0 aromatic heterocycles. The van der Waals surface area contributed by atoms with Crippen LogP contribution in [-0.2, 0) is 14.3 Å². The molecule has 5 heteroatoms. The van der Waals surface area contributed by atoms with E-state index in [1.807, 2.05) is 0 Å². The van der Waals surface area contributed by atoms with Gasteiger partial charge in [0.1, 0.15) is 0 Å². The minimum atomic E-state index is -0.378. The third kappa shape index (κ3) is 2.64. The van der Waals surface area contributed by atoms with Gasteiger partial charge in [-0.3, -0.25) is 9.59 Å². The summed E-state index contributed by atoms with van der Waals surface area (Å²) in [5.41, 5.74) is 0.722. The van der Waals surface area contributed by atoms with E-state index >= 15 is 0 Å². The Kier molecular flexibility index (Phi) is 3.87. The summed E-state index contributed by atoms with van der Waals surface area (Å²) < 4.78 is 4.94. The number of benzene rings is 1. The van der Waals surface area contributed by atoms with Crippen LogP contribution < -0.4 is 4.90 Å². The van der Waals surface area contributed by atoms with E-state index in [0.717, 1.165) is 5.69 Å². The molecule has 96 valence electrons. The van der Waals surface area contributed by atoms with Gasteiger partial charge in [0.2, 0.25) is 5.91 Å². The van der Waals surface area contributed by atoms with Crippen LogP contribution in [0.25, 0.3) is 0 Å². The van der Waals surface area contributed by atoms with Crippen LogP contribution in [0.5, 0.6) is 0 Å². The SMILES string of the molecule is CCOC(=O)C1CC(=O)N(c2cccc(Cl)c2)C1. The van der Waals surface area contributed by atoms with Crippen LogP contribution in [0.1, 0.15) is 13.3 Å². The summed E-state index contributed by atoms with van der Waals surface area (Å²) in [7, 11) is 0. The zero-order valence-electron chi connectivity index (χ0n) is 10.1. The number of hydrogen-bond donors (Lipinski definition) is 0. The fourth-order valence-corrected chi connectivity index (χ4v) is 2.20. The van der Waals surface area contributed by atoms with Gasteiger partial charge in [0.05, 0.1) is 12.5 Å². The number of amides is 1. The zero-order valence-corrected chi connectivity index (χ0v) is 10.8. The molecule has 1 aromatic rings. The molecule has 1 amide bonds. The van der Waals surface area contributed by atoms with E-state index in [2.05, 4.69) is 0 Å².